The molecule has 0 aliphatic heterocycles. The molecule has 0 saturated heterocycles. The summed E-state index contributed by atoms with van der Waals surface area (Å²) < 4.78 is 32.0. The molecule has 1 fully saturated rings. The molecule has 0 aromatic carbocycles. The summed E-state index contributed by atoms with van der Waals surface area (Å²) in [6, 6.07) is 0. The van der Waals surface area contributed by atoms with Gasteiger partial charge in [0.05, 0.1) is 13.1 Å². The van der Waals surface area contributed by atoms with Gasteiger partial charge in [-0.05, 0) is 46.1 Å². The molecular formula is C14H26F2N2O2. The highest BCUT2D eigenvalue weighted by atomic mass is 19.3. The minimum atomic E-state index is -2.96. The first-order valence-electron chi connectivity index (χ1n) is 7.23. The van der Waals surface area contributed by atoms with Crippen molar-refractivity contribution in [1.29, 1.82) is 0 Å². The Morgan fingerprint density at radius 2 is 1.80 bits per heavy atom. The topological polar surface area (TPSA) is 50.4 Å². The SMILES string of the molecule is CC(C)(C)OC(=O)NCC(F)(F)CNCC1CCCC1. The van der Waals surface area contributed by atoms with Crippen LogP contribution in [-0.4, -0.2) is 37.3 Å². The average molecular weight is 292 g/mol. The van der Waals surface area contributed by atoms with E-state index in [-0.39, 0.29) is 0 Å². The first kappa shape index (κ1) is 17.1. The lowest BCUT2D eigenvalue weighted by molar-refractivity contribution is -0.00401. The zero-order chi connectivity index (χ0) is 15.2. The van der Waals surface area contributed by atoms with Crippen LogP contribution in [0, 0.1) is 5.92 Å². The van der Waals surface area contributed by atoms with Crippen molar-refractivity contribution in [2.45, 2.75) is 58.0 Å². The summed E-state index contributed by atoms with van der Waals surface area (Å²) in [5.41, 5.74) is -0.680. The van der Waals surface area contributed by atoms with Crippen molar-refractivity contribution < 1.29 is 18.3 Å². The summed E-state index contributed by atoms with van der Waals surface area (Å²) in [7, 11) is 0. The van der Waals surface area contributed by atoms with Crippen molar-refractivity contribution >= 4 is 6.09 Å². The molecule has 1 saturated carbocycles. The van der Waals surface area contributed by atoms with Gasteiger partial charge in [0.2, 0.25) is 0 Å². The summed E-state index contributed by atoms with van der Waals surface area (Å²) in [5.74, 6) is -2.44. The van der Waals surface area contributed by atoms with Crippen LogP contribution < -0.4 is 10.6 Å². The van der Waals surface area contributed by atoms with Crippen LogP contribution in [0.25, 0.3) is 0 Å². The van der Waals surface area contributed by atoms with Gasteiger partial charge in [0.15, 0.2) is 0 Å². The minimum absolute atomic E-state index is 0.417. The smallest absolute Gasteiger partial charge is 0.407 e. The third kappa shape index (κ3) is 7.62. The second kappa shape index (κ2) is 7.20. The lowest BCUT2D eigenvalue weighted by atomic mass is 10.1. The summed E-state index contributed by atoms with van der Waals surface area (Å²) in [5, 5.41) is 4.90. The predicted octanol–water partition coefficient (Wildman–Crippen LogP) is 2.93. The number of amides is 1. The van der Waals surface area contributed by atoms with Gasteiger partial charge in [0.25, 0.3) is 5.92 Å². The van der Waals surface area contributed by atoms with Crippen LogP contribution in [0.2, 0.25) is 0 Å². The molecule has 0 unspecified atom stereocenters. The second-order valence-electron chi connectivity index (χ2n) is 6.49. The van der Waals surface area contributed by atoms with Crippen LogP contribution >= 0.6 is 0 Å². The maximum atomic E-state index is 13.6. The fraction of sp³-hybridized carbons (Fsp3) is 0.929. The number of halogens is 2. The Morgan fingerprint density at radius 3 is 2.35 bits per heavy atom. The van der Waals surface area contributed by atoms with Crippen LogP contribution in [0.3, 0.4) is 0 Å². The molecule has 6 heteroatoms. The monoisotopic (exact) mass is 292 g/mol. The first-order chi connectivity index (χ1) is 9.18. The fourth-order valence-corrected chi connectivity index (χ4v) is 2.25. The molecule has 1 aliphatic carbocycles. The second-order valence-corrected chi connectivity index (χ2v) is 6.49. The quantitative estimate of drug-likeness (QED) is 0.791. The van der Waals surface area contributed by atoms with Crippen molar-refractivity contribution in [3.05, 3.63) is 0 Å². The van der Waals surface area contributed by atoms with E-state index < -0.39 is 30.7 Å². The average Bonchev–Trinajstić information content (AvgIpc) is 2.77. The molecule has 118 valence electrons. The Labute approximate surface area is 119 Å². The van der Waals surface area contributed by atoms with E-state index in [2.05, 4.69) is 10.6 Å². The molecular weight excluding hydrogens is 266 g/mol. The van der Waals surface area contributed by atoms with Crippen LogP contribution in [0.4, 0.5) is 13.6 Å². The van der Waals surface area contributed by atoms with E-state index in [0.29, 0.717) is 12.5 Å². The highest BCUT2D eigenvalue weighted by Gasteiger charge is 2.30. The molecule has 0 aromatic rings. The molecule has 1 amide bonds. The lowest BCUT2D eigenvalue weighted by Crippen LogP contribution is -2.45. The van der Waals surface area contributed by atoms with Crippen LogP contribution in [0.15, 0.2) is 0 Å². The number of carbonyl (C=O) groups is 1. The number of alkyl halides is 2. The van der Waals surface area contributed by atoms with E-state index in [1.807, 2.05) is 0 Å². The highest BCUT2D eigenvalue weighted by Crippen LogP contribution is 2.24. The Morgan fingerprint density at radius 1 is 1.20 bits per heavy atom. The van der Waals surface area contributed by atoms with Gasteiger partial charge in [-0.1, -0.05) is 12.8 Å². The summed E-state index contributed by atoms with van der Waals surface area (Å²) >= 11 is 0. The number of hydrogen-bond donors (Lipinski definition) is 2. The van der Waals surface area contributed by atoms with E-state index in [9.17, 15) is 13.6 Å². The van der Waals surface area contributed by atoms with E-state index in [1.54, 1.807) is 20.8 Å². The third-order valence-corrected chi connectivity index (χ3v) is 3.18. The Hall–Kier alpha value is -0.910. The van der Waals surface area contributed by atoms with Crippen molar-refractivity contribution in [2.75, 3.05) is 19.6 Å². The molecule has 20 heavy (non-hydrogen) atoms. The standard InChI is InChI=1S/C14H26F2N2O2/c1-13(2,3)20-12(19)18-10-14(15,16)9-17-8-11-6-4-5-7-11/h11,17H,4-10H2,1-3H3,(H,18,19). The van der Waals surface area contributed by atoms with E-state index in [0.717, 1.165) is 12.8 Å². The van der Waals surface area contributed by atoms with Gasteiger partial charge in [-0.2, -0.15) is 0 Å². The normalized spacial score (nSPS) is 17.2. The summed E-state index contributed by atoms with van der Waals surface area (Å²) in [6.07, 6.45) is 3.82. The van der Waals surface area contributed by atoms with Gasteiger partial charge in [0.1, 0.15) is 5.60 Å². The van der Waals surface area contributed by atoms with Crippen LogP contribution in [-0.2, 0) is 4.74 Å². The van der Waals surface area contributed by atoms with Gasteiger partial charge < -0.3 is 15.4 Å². The first-order valence-corrected chi connectivity index (χ1v) is 7.23. The van der Waals surface area contributed by atoms with E-state index >= 15 is 0 Å². The summed E-state index contributed by atoms with van der Waals surface area (Å²) in [4.78, 5) is 11.3. The Kier molecular flexibility index (Phi) is 6.17. The molecule has 1 rings (SSSR count). The highest BCUT2D eigenvalue weighted by molar-refractivity contribution is 5.67. The van der Waals surface area contributed by atoms with Crippen molar-refractivity contribution in [3.8, 4) is 0 Å². The van der Waals surface area contributed by atoms with Gasteiger partial charge in [-0.15, -0.1) is 0 Å². The third-order valence-electron chi connectivity index (χ3n) is 3.18. The maximum Gasteiger partial charge on any atom is 0.407 e. The summed E-state index contributed by atoms with van der Waals surface area (Å²) in [6.45, 7) is 4.57. The van der Waals surface area contributed by atoms with Gasteiger partial charge in [-0.3, -0.25) is 0 Å². The largest absolute Gasteiger partial charge is 0.444 e. The van der Waals surface area contributed by atoms with Gasteiger partial charge in [0, 0.05) is 0 Å². The van der Waals surface area contributed by atoms with Crippen molar-refractivity contribution in [2.24, 2.45) is 5.92 Å². The molecule has 0 aromatic heterocycles. The van der Waals surface area contributed by atoms with Gasteiger partial charge in [-0.25, -0.2) is 13.6 Å². The maximum absolute atomic E-state index is 13.6. The zero-order valence-corrected chi connectivity index (χ0v) is 12.6. The molecule has 0 atom stereocenters. The van der Waals surface area contributed by atoms with Crippen molar-refractivity contribution in [1.82, 2.24) is 10.6 Å². The number of hydrogen-bond acceptors (Lipinski definition) is 3. The molecule has 4 nitrogen and oxygen atoms in total. The zero-order valence-electron chi connectivity index (χ0n) is 12.6. The number of rotatable bonds is 6. The van der Waals surface area contributed by atoms with E-state index in [4.69, 9.17) is 4.74 Å². The minimum Gasteiger partial charge on any atom is -0.444 e. The molecule has 0 spiro atoms. The van der Waals surface area contributed by atoms with Crippen LogP contribution in [0.1, 0.15) is 46.5 Å². The molecule has 0 heterocycles. The predicted molar refractivity (Wildman–Crippen MR) is 74.0 cm³/mol. The number of carbonyl (C=O) groups excluding carboxylic acids is 1. The number of alkyl carbamates (subject to hydrolysis) is 1. The van der Waals surface area contributed by atoms with Crippen molar-refractivity contribution in [3.63, 3.8) is 0 Å². The van der Waals surface area contributed by atoms with Gasteiger partial charge >= 0.3 is 6.09 Å². The lowest BCUT2D eigenvalue weighted by Gasteiger charge is -2.22. The molecule has 0 radical (unpaired) electrons. The number of nitrogens with one attached hydrogen (secondary N) is 2. The molecule has 0 bridgehead atoms. The van der Waals surface area contributed by atoms with E-state index in [1.165, 1.54) is 12.8 Å². The fourth-order valence-electron chi connectivity index (χ4n) is 2.25. The van der Waals surface area contributed by atoms with Crippen LogP contribution in [0.5, 0.6) is 0 Å². The Bertz CT molecular complexity index is 311. The molecule has 1 aliphatic rings. The number of ether oxygens (including phenoxy) is 1. The molecule has 2 N–H and O–H groups in total. The Balaban J connectivity index is 2.17.